The minimum Gasteiger partial charge on any atom is -0.465 e. The Balaban J connectivity index is 1.85. The van der Waals surface area contributed by atoms with Gasteiger partial charge in [-0.3, -0.25) is 9.59 Å². The Kier molecular flexibility index (Phi) is 6.22. The number of anilines is 1. The second kappa shape index (κ2) is 8.58. The van der Waals surface area contributed by atoms with Crippen molar-refractivity contribution in [1.82, 2.24) is 5.32 Å². The maximum Gasteiger partial charge on any atom is 0.337 e. The van der Waals surface area contributed by atoms with Gasteiger partial charge in [-0.2, -0.15) is 0 Å². The number of esters is 1. The summed E-state index contributed by atoms with van der Waals surface area (Å²) in [5.74, 6) is -1.93. The van der Waals surface area contributed by atoms with Crippen LogP contribution in [0.15, 0.2) is 48.5 Å². The minimum absolute atomic E-state index is 0.155. The van der Waals surface area contributed by atoms with Crippen molar-refractivity contribution >= 4 is 23.5 Å². The SMILES string of the molecule is COC(=O)c1cccc(NC(=O)CNC(=O)Cc2ccccc2F)c1. The molecule has 130 valence electrons. The number of nitrogens with one attached hydrogen (secondary N) is 2. The standard InChI is InChI=1S/C18H17FN2O4/c1-25-18(24)13-6-4-7-14(9-13)21-17(23)11-20-16(22)10-12-5-2-3-8-15(12)19/h2-9H,10-11H2,1H3,(H,20,22)(H,21,23). The van der Waals surface area contributed by atoms with Gasteiger partial charge in [-0.1, -0.05) is 24.3 Å². The lowest BCUT2D eigenvalue weighted by atomic mass is 10.1. The van der Waals surface area contributed by atoms with Crippen molar-refractivity contribution in [2.24, 2.45) is 0 Å². The molecule has 0 unspecified atom stereocenters. The summed E-state index contributed by atoms with van der Waals surface area (Å²) in [4.78, 5) is 35.1. The lowest BCUT2D eigenvalue weighted by molar-refractivity contribution is -0.123. The van der Waals surface area contributed by atoms with Gasteiger partial charge < -0.3 is 15.4 Å². The van der Waals surface area contributed by atoms with Crippen molar-refractivity contribution in [3.63, 3.8) is 0 Å². The van der Waals surface area contributed by atoms with Crippen molar-refractivity contribution in [3.8, 4) is 0 Å². The van der Waals surface area contributed by atoms with Crippen molar-refractivity contribution in [3.05, 3.63) is 65.5 Å². The molecule has 2 aromatic rings. The molecule has 0 saturated heterocycles. The van der Waals surface area contributed by atoms with Crippen LogP contribution >= 0.6 is 0 Å². The van der Waals surface area contributed by atoms with Gasteiger partial charge in [0.2, 0.25) is 11.8 Å². The number of amides is 2. The highest BCUT2D eigenvalue weighted by Crippen LogP contribution is 2.11. The molecule has 2 rings (SSSR count). The van der Waals surface area contributed by atoms with Gasteiger partial charge in [0.1, 0.15) is 5.82 Å². The van der Waals surface area contributed by atoms with Crippen molar-refractivity contribution in [2.45, 2.75) is 6.42 Å². The molecule has 0 atom stereocenters. The Hall–Kier alpha value is -3.22. The number of carbonyl (C=O) groups is 3. The molecule has 2 amide bonds. The van der Waals surface area contributed by atoms with Gasteiger partial charge >= 0.3 is 5.97 Å². The average molecular weight is 344 g/mol. The number of hydrogen-bond acceptors (Lipinski definition) is 4. The van der Waals surface area contributed by atoms with Crippen molar-refractivity contribution in [1.29, 1.82) is 0 Å². The number of halogens is 1. The average Bonchev–Trinajstić information content (AvgIpc) is 2.61. The molecule has 0 aliphatic carbocycles. The monoisotopic (exact) mass is 344 g/mol. The van der Waals surface area contributed by atoms with Crippen LogP contribution in [0.3, 0.4) is 0 Å². The van der Waals surface area contributed by atoms with E-state index in [1.54, 1.807) is 24.3 Å². The summed E-state index contributed by atoms with van der Waals surface area (Å²) in [7, 11) is 1.26. The molecule has 0 aliphatic heterocycles. The number of ether oxygens (including phenoxy) is 1. The first kappa shape index (κ1) is 18.1. The van der Waals surface area contributed by atoms with Crippen LogP contribution in [0.25, 0.3) is 0 Å². The minimum atomic E-state index is -0.519. The fourth-order valence-corrected chi connectivity index (χ4v) is 2.10. The number of methoxy groups -OCH3 is 1. The smallest absolute Gasteiger partial charge is 0.337 e. The van der Waals surface area contributed by atoms with E-state index >= 15 is 0 Å². The molecule has 0 aliphatic rings. The van der Waals surface area contributed by atoms with E-state index in [2.05, 4.69) is 15.4 Å². The summed E-state index contributed by atoms with van der Waals surface area (Å²) in [6.07, 6.45) is -0.155. The molecular weight excluding hydrogens is 327 g/mol. The zero-order chi connectivity index (χ0) is 18.2. The van der Waals surface area contributed by atoms with E-state index in [-0.39, 0.29) is 18.5 Å². The summed E-state index contributed by atoms with van der Waals surface area (Å²) in [5, 5.41) is 4.97. The van der Waals surface area contributed by atoms with Crippen LogP contribution in [-0.4, -0.2) is 31.4 Å². The summed E-state index contributed by atoms with van der Waals surface area (Å²) in [6, 6.07) is 12.2. The Morgan fingerprint density at radius 1 is 1.04 bits per heavy atom. The molecule has 0 aromatic heterocycles. The predicted octanol–water partition coefficient (Wildman–Crippen LogP) is 1.91. The first-order valence-corrected chi connectivity index (χ1v) is 7.48. The quantitative estimate of drug-likeness (QED) is 0.784. The Bertz CT molecular complexity index is 792. The molecule has 0 fully saturated rings. The van der Waals surface area contributed by atoms with Gasteiger partial charge in [0.05, 0.1) is 25.6 Å². The van der Waals surface area contributed by atoms with E-state index in [0.717, 1.165) is 0 Å². The molecule has 0 saturated carbocycles. The first-order chi connectivity index (χ1) is 12.0. The summed E-state index contributed by atoms with van der Waals surface area (Å²) >= 11 is 0. The van der Waals surface area contributed by atoms with Crippen LogP contribution < -0.4 is 10.6 Å². The highest BCUT2D eigenvalue weighted by atomic mass is 19.1. The van der Waals surface area contributed by atoms with Crippen LogP contribution in [-0.2, 0) is 20.7 Å². The lowest BCUT2D eigenvalue weighted by Crippen LogP contribution is -2.34. The fourth-order valence-electron chi connectivity index (χ4n) is 2.10. The lowest BCUT2D eigenvalue weighted by Gasteiger charge is -2.08. The first-order valence-electron chi connectivity index (χ1n) is 7.48. The maximum atomic E-state index is 13.5. The number of hydrogen-bond donors (Lipinski definition) is 2. The Labute approximate surface area is 144 Å². The van der Waals surface area contributed by atoms with Crippen LogP contribution in [0.4, 0.5) is 10.1 Å². The van der Waals surface area contributed by atoms with Gasteiger partial charge in [0.15, 0.2) is 0 Å². The normalized spacial score (nSPS) is 10.0. The molecule has 0 radical (unpaired) electrons. The topological polar surface area (TPSA) is 84.5 Å². The number of carbonyl (C=O) groups excluding carboxylic acids is 3. The van der Waals surface area contributed by atoms with Gasteiger partial charge in [0, 0.05) is 5.69 Å². The highest BCUT2D eigenvalue weighted by molar-refractivity contribution is 5.96. The van der Waals surface area contributed by atoms with Gasteiger partial charge in [-0.05, 0) is 29.8 Å². The molecule has 6 nitrogen and oxygen atoms in total. The largest absolute Gasteiger partial charge is 0.465 e. The summed E-state index contributed by atoms with van der Waals surface area (Å²) in [6.45, 7) is -0.268. The van der Waals surface area contributed by atoms with Crippen LogP contribution in [0, 0.1) is 5.82 Å². The van der Waals surface area contributed by atoms with Gasteiger partial charge in [-0.15, -0.1) is 0 Å². The second-order valence-corrected chi connectivity index (χ2v) is 5.17. The Morgan fingerprint density at radius 2 is 1.80 bits per heavy atom. The van der Waals surface area contributed by atoms with E-state index in [9.17, 15) is 18.8 Å². The third-order valence-electron chi connectivity index (χ3n) is 3.32. The van der Waals surface area contributed by atoms with Crippen LogP contribution in [0.2, 0.25) is 0 Å². The molecule has 2 aromatic carbocycles. The molecular formula is C18H17FN2O4. The van der Waals surface area contributed by atoms with Crippen molar-refractivity contribution < 1.29 is 23.5 Å². The third kappa shape index (κ3) is 5.42. The Morgan fingerprint density at radius 3 is 2.52 bits per heavy atom. The van der Waals surface area contributed by atoms with E-state index in [0.29, 0.717) is 11.3 Å². The highest BCUT2D eigenvalue weighted by Gasteiger charge is 2.11. The third-order valence-corrected chi connectivity index (χ3v) is 3.32. The zero-order valence-corrected chi connectivity index (χ0v) is 13.5. The van der Waals surface area contributed by atoms with Crippen LogP contribution in [0.5, 0.6) is 0 Å². The van der Waals surface area contributed by atoms with Crippen LogP contribution in [0.1, 0.15) is 15.9 Å². The maximum absolute atomic E-state index is 13.5. The molecule has 0 spiro atoms. The number of rotatable bonds is 6. The fraction of sp³-hybridized carbons (Fsp3) is 0.167. The van der Waals surface area contributed by atoms with Gasteiger partial charge in [0.25, 0.3) is 0 Å². The van der Waals surface area contributed by atoms with E-state index < -0.39 is 23.6 Å². The van der Waals surface area contributed by atoms with Gasteiger partial charge in [-0.25, -0.2) is 9.18 Å². The predicted molar refractivity (Wildman–Crippen MR) is 89.5 cm³/mol. The molecule has 2 N–H and O–H groups in total. The van der Waals surface area contributed by atoms with E-state index in [1.165, 1.54) is 31.4 Å². The summed E-state index contributed by atoms with van der Waals surface area (Å²) in [5.41, 5.74) is 0.950. The van der Waals surface area contributed by atoms with Crippen molar-refractivity contribution in [2.75, 3.05) is 19.0 Å². The molecule has 25 heavy (non-hydrogen) atoms. The molecule has 0 heterocycles. The second-order valence-electron chi connectivity index (χ2n) is 5.17. The summed E-state index contributed by atoms with van der Waals surface area (Å²) < 4.78 is 18.1. The van der Waals surface area contributed by atoms with E-state index in [4.69, 9.17) is 0 Å². The zero-order valence-electron chi connectivity index (χ0n) is 13.5. The number of benzene rings is 2. The molecule has 0 bridgehead atoms. The molecule has 7 heteroatoms. The van der Waals surface area contributed by atoms with E-state index in [1.807, 2.05) is 0 Å².